The van der Waals surface area contributed by atoms with Gasteiger partial charge in [0.15, 0.2) is 0 Å². The van der Waals surface area contributed by atoms with Crippen molar-refractivity contribution in [3.8, 4) is 0 Å². The minimum Gasteiger partial charge on any atom is -0.348 e. The van der Waals surface area contributed by atoms with Crippen LogP contribution >= 0.6 is 0 Å². The van der Waals surface area contributed by atoms with E-state index in [-0.39, 0.29) is 11.8 Å². The van der Waals surface area contributed by atoms with Gasteiger partial charge in [0.05, 0.1) is 11.1 Å². The molecule has 26 heavy (non-hydrogen) atoms. The van der Waals surface area contributed by atoms with Crippen LogP contribution in [0.3, 0.4) is 0 Å². The second-order valence-corrected chi connectivity index (χ2v) is 5.54. The number of nitrogens with one attached hydrogen (secondary N) is 2. The number of nitrogens with zero attached hydrogens (tertiary/aromatic N) is 3. The Labute approximate surface area is 150 Å². The minimum absolute atomic E-state index is 0.295. The Morgan fingerprint density at radius 2 is 1.38 bits per heavy atom. The average molecular weight is 347 g/mol. The van der Waals surface area contributed by atoms with Crippen LogP contribution in [0, 0.1) is 0 Å². The van der Waals surface area contributed by atoms with E-state index in [2.05, 4.69) is 25.6 Å². The summed E-state index contributed by atoms with van der Waals surface area (Å²) < 4.78 is 0. The monoisotopic (exact) mass is 347 g/mol. The van der Waals surface area contributed by atoms with Gasteiger partial charge in [-0.05, 0) is 35.4 Å². The van der Waals surface area contributed by atoms with Gasteiger partial charge < -0.3 is 10.6 Å². The Bertz CT molecular complexity index is 814. The number of pyridine rings is 3. The molecule has 3 aromatic rings. The van der Waals surface area contributed by atoms with E-state index in [9.17, 15) is 9.59 Å². The lowest BCUT2D eigenvalue weighted by molar-refractivity contribution is 0.0950. The lowest BCUT2D eigenvalue weighted by Gasteiger charge is -2.08. The van der Waals surface area contributed by atoms with Gasteiger partial charge in [0.25, 0.3) is 11.8 Å². The van der Waals surface area contributed by atoms with Crippen LogP contribution in [-0.2, 0) is 13.1 Å². The van der Waals surface area contributed by atoms with Gasteiger partial charge in [0.2, 0.25) is 0 Å². The zero-order chi connectivity index (χ0) is 18.2. The third-order valence-electron chi connectivity index (χ3n) is 3.64. The average Bonchev–Trinajstić information content (AvgIpc) is 2.72. The number of amides is 2. The van der Waals surface area contributed by atoms with Gasteiger partial charge in [-0.25, -0.2) is 0 Å². The van der Waals surface area contributed by atoms with E-state index in [0.717, 1.165) is 11.1 Å². The molecule has 2 N–H and O–H groups in total. The molecule has 0 saturated heterocycles. The summed E-state index contributed by atoms with van der Waals surface area (Å²) in [5, 5.41) is 5.57. The first-order valence-electron chi connectivity index (χ1n) is 8.01. The number of hydrogen-bond acceptors (Lipinski definition) is 5. The van der Waals surface area contributed by atoms with Crippen LogP contribution < -0.4 is 10.6 Å². The Balaban J connectivity index is 1.60. The van der Waals surface area contributed by atoms with Gasteiger partial charge >= 0.3 is 0 Å². The van der Waals surface area contributed by atoms with E-state index in [1.54, 1.807) is 30.9 Å². The predicted octanol–water partition coefficient (Wildman–Crippen LogP) is 1.73. The van der Waals surface area contributed by atoms with Crippen molar-refractivity contribution in [3.05, 3.63) is 89.8 Å². The molecular formula is C19H17N5O2. The second-order valence-electron chi connectivity index (χ2n) is 5.54. The highest BCUT2D eigenvalue weighted by Gasteiger charge is 2.11. The molecule has 0 atom stereocenters. The first-order valence-corrected chi connectivity index (χ1v) is 8.01. The summed E-state index contributed by atoms with van der Waals surface area (Å²) in [7, 11) is 0. The molecule has 130 valence electrons. The summed E-state index contributed by atoms with van der Waals surface area (Å²) in [6.07, 6.45) is 9.54. The van der Waals surface area contributed by atoms with Gasteiger partial charge in [-0.15, -0.1) is 0 Å². The molecule has 0 aliphatic heterocycles. The van der Waals surface area contributed by atoms with Crippen molar-refractivity contribution in [1.82, 2.24) is 25.6 Å². The summed E-state index contributed by atoms with van der Waals surface area (Å²) in [5.41, 5.74) is 2.48. The van der Waals surface area contributed by atoms with Crippen molar-refractivity contribution < 1.29 is 9.59 Å². The quantitative estimate of drug-likeness (QED) is 0.708. The molecule has 2 amide bonds. The largest absolute Gasteiger partial charge is 0.348 e. The Hall–Kier alpha value is -3.61. The molecule has 0 aliphatic carbocycles. The number of carbonyl (C=O) groups excluding carboxylic acids is 2. The van der Waals surface area contributed by atoms with Crippen molar-refractivity contribution in [2.24, 2.45) is 0 Å². The summed E-state index contributed by atoms with van der Waals surface area (Å²) in [6.45, 7) is 0.726. The standard InChI is InChI=1S/C19H17N5O2/c25-18(23-10-14-3-6-20-7-4-14)16-8-17(13-22-12-16)19(26)24-11-15-2-1-5-21-9-15/h1-9,12-13H,10-11H2,(H,23,25)(H,24,26). The lowest BCUT2D eigenvalue weighted by atomic mass is 10.1. The predicted molar refractivity (Wildman–Crippen MR) is 95.1 cm³/mol. The molecule has 0 spiro atoms. The third kappa shape index (κ3) is 4.70. The molecule has 0 aromatic carbocycles. The van der Waals surface area contributed by atoms with Crippen LogP contribution in [-0.4, -0.2) is 26.8 Å². The smallest absolute Gasteiger partial charge is 0.253 e. The van der Waals surface area contributed by atoms with Crippen molar-refractivity contribution in [2.75, 3.05) is 0 Å². The molecular weight excluding hydrogens is 330 g/mol. The SMILES string of the molecule is O=C(NCc1ccncc1)c1cncc(C(=O)NCc2cccnc2)c1. The summed E-state index contributed by atoms with van der Waals surface area (Å²) in [5.74, 6) is -0.596. The molecule has 7 heteroatoms. The van der Waals surface area contributed by atoms with Crippen molar-refractivity contribution in [3.63, 3.8) is 0 Å². The van der Waals surface area contributed by atoms with Crippen LogP contribution in [0.4, 0.5) is 0 Å². The third-order valence-corrected chi connectivity index (χ3v) is 3.64. The molecule has 0 fully saturated rings. The normalized spacial score (nSPS) is 10.2. The fourth-order valence-corrected chi connectivity index (χ4v) is 2.26. The topological polar surface area (TPSA) is 96.9 Å². The first-order chi connectivity index (χ1) is 12.7. The van der Waals surface area contributed by atoms with E-state index < -0.39 is 0 Å². The van der Waals surface area contributed by atoms with E-state index >= 15 is 0 Å². The second kappa shape index (κ2) is 8.48. The number of hydrogen-bond donors (Lipinski definition) is 2. The number of aromatic nitrogens is 3. The van der Waals surface area contributed by atoms with Gasteiger partial charge in [-0.2, -0.15) is 0 Å². The summed E-state index contributed by atoms with van der Waals surface area (Å²) in [4.78, 5) is 36.4. The zero-order valence-electron chi connectivity index (χ0n) is 13.9. The van der Waals surface area contributed by atoms with Crippen LogP contribution in [0.1, 0.15) is 31.8 Å². The molecule has 3 heterocycles. The minimum atomic E-state index is -0.301. The highest BCUT2D eigenvalue weighted by molar-refractivity contribution is 5.99. The molecule has 0 bridgehead atoms. The van der Waals surface area contributed by atoms with E-state index in [1.807, 2.05) is 18.2 Å². The first kappa shape index (κ1) is 17.2. The lowest BCUT2D eigenvalue weighted by Crippen LogP contribution is -2.25. The van der Waals surface area contributed by atoms with Crippen LogP contribution in [0.25, 0.3) is 0 Å². The maximum Gasteiger partial charge on any atom is 0.253 e. The maximum absolute atomic E-state index is 12.3. The highest BCUT2D eigenvalue weighted by atomic mass is 16.2. The number of rotatable bonds is 6. The van der Waals surface area contributed by atoms with E-state index in [1.165, 1.54) is 18.5 Å². The molecule has 7 nitrogen and oxygen atoms in total. The molecule has 0 saturated carbocycles. The van der Waals surface area contributed by atoms with E-state index in [4.69, 9.17) is 0 Å². The van der Waals surface area contributed by atoms with Gasteiger partial charge in [-0.1, -0.05) is 6.07 Å². The van der Waals surface area contributed by atoms with Gasteiger partial charge in [-0.3, -0.25) is 24.5 Å². The van der Waals surface area contributed by atoms with Gasteiger partial charge in [0, 0.05) is 50.3 Å². The van der Waals surface area contributed by atoms with Crippen molar-refractivity contribution in [2.45, 2.75) is 13.1 Å². The van der Waals surface area contributed by atoms with Crippen LogP contribution in [0.5, 0.6) is 0 Å². The Kier molecular flexibility index (Phi) is 5.61. The maximum atomic E-state index is 12.3. The Morgan fingerprint density at radius 1 is 0.731 bits per heavy atom. The van der Waals surface area contributed by atoms with Crippen LogP contribution in [0.15, 0.2) is 67.5 Å². The molecule has 0 unspecified atom stereocenters. The molecule has 0 radical (unpaired) electrons. The van der Waals surface area contributed by atoms with E-state index in [0.29, 0.717) is 24.2 Å². The summed E-state index contributed by atoms with van der Waals surface area (Å²) >= 11 is 0. The fourth-order valence-electron chi connectivity index (χ4n) is 2.26. The van der Waals surface area contributed by atoms with Crippen LogP contribution in [0.2, 0.25) is 0 Å². The number of carbonyl (C=O) groups is 2. The van der Waals surface area contributed by atoms with Crippen molar-refractivity contribution in [1.29, 1.82) is 0 Å². The van der Waals surface area contributed by atoms with Gasteiger partial charge in [0.1, 0.15) is 0 Å². The summed E-state index contributed by atoms with van der Waals surface area (Å²) in [6, 6.07) is 8.83. The van der Waals surface area contributed by atoms with Crippen molar-refractivity contribution >= 4 is 11.8 Å². The highest BCUT2D eigenvalue weighted by Crippen LogP contribution is 2.05. The molecule has 3 aromatic heterocycles. The molecule has 3 rings (SSSR count). The zero-order valence-corrected chi connectivity index (χ0v) is 13.9. The fraction of sp³-hybridized carbons (Fsp3) is 0.105. The molecule has 0 aliphatic rings. The Morgan fingerprint density at radius 3 is 2.00 bits per heavy atom.